The van der Waals surface area contributed by atoms with E-state index in [1.165, 1.54) is 11.0 Å². The molecule has 0 saturated heterocycles. The van der Waals surface area contributed by atoms with Gasteiger partial charge in [-0.25, -0.2) is 4.98 Å². The number of aromatic amines is 1. The van der Waals surface area contributed by atoms with Gasteiger partial charge < -0.3 is 4.90 Å². The van der Waals surface area contributed by atoms with Gasteiger partial charge in [0.25, 0.3) is 5.56 Å². The van der Waals surface area contributed by atoms with Gasteiger partial charge in [0.05, 0.1) is 11.3 Å². The van der Waals surface area contributed by atoms with Crippen molar-refractivity contribution in [2.45, 2.75) is 18.3 Å². The quantitative estimate of drug-likeness (QED) is 0.864. The molecule has 2 aliphatic heterocycles. The molecule has 21 heavy (non-hydrogen) atoms. The zero-order valence-electron chi connectivity index (χ0n) is 10.9. The Kier molecular flexibility index (Phi) is 3.56. The summed E-state index contributed by atoms with van der Waals surface area (Å²) in [4.78, 5) is 20.2. The lowest BCUT2D eigenvalue weighted by Gasteiger charge is -2.24. The average molecular weight is 315 g/mol. The van der Waals surface area contributed by atoms with E-state index in [1.54, 1.807) is 11.8 Å². The fourth-order valence-corrected chi connectivity index (χ4v) is 3.22. The minimum atomic E-state index is -4.42. The molecule has 8 heteroatoms. The summed E-state index contributed by atoms with van der Waals surface area (Å²) in [5, 5.41) is 0. The maximum Gasteiger partial charge on any atom is 0.417 e. The monoisotopic (exact) mass is 315 g/mol. The molecule has 2 aliphatic rings. The standard InChI is InChI=1S/C13H12F3N3OS/c14-13(15,16)8-2-1-4-19(6-8)12-17-10-3-5-21-7-9(10)11(20)18-12/h1-2,6H,3-5,7H2,(H,17,18,20). The Morgan fingerprint density at radius 2 is 2.19 bits per heavy atom. The van der Waals surface area contributed by atoms with Gasteiger partial charge in [-0.2, -0.15) is 24.9 Å². The zero-order valence-corrected chi connectivity index (χ0v) is 11.7. The van der Waals surface area contributed by atoms with Gasteiger partial charge >= 0.3 is 6.18 Å². The maximum absolute atomic E-state index is 12.7. The van der Waals surface area contributed by atoms with Gasteiger partial charge in [-0.3, -0.25) is 9.78 Å². The molecule has 0 unspecified atom stereocenters. The fraction of sp³-hybridized carbons (Fsp3) is 0.385. The van der Waals surface area contributed by atoms with E-state index in [2.05, 4.69) is 9.97 Å². The van der Waals surface area contributed by atoms with Crippen LogP contribution < -0.4 is 10.5 Å². The first-order valence-corrected chi connectivity index (χ1v) is 7.52. The summed E-state index contributed by atoms with van der Waals surface area (Å²) in [7, 11) is 0. The summed E-state index contributed by atoms with van der Waals surface area (Å²) in [6.45, 7) is 0.246. The molecule has 0 spiro atoms. The smallest absolute Gasteiger partial charge is 0.314 e. The predicted molar refractivity (Wildman–Crippen MR) is 75.3 cm³/mol. The van der Waals surface area contributed by atoms with Gasteiger partial charge in [0.2, 0.25) is 5.95 Å². The molecule has 1 aromatic heterocycles. The normalized spacial score (nSPS) is 18.4. The Balaban J connectivity index is 1.98. The summed E-state index contributed by atoms with van der Waals surface area (Å²) < 4.78 is 38.2. The predicted octanol–water partition coefficient (Wildman–Crippen LogP) is 2.38. The molecule has 0 saturated carbocycles. The molecule has 3 heterocycles. The number of H-pyrrole nitrogens is 1. The number of fused-ring (bicyclic) bond motifs is 1. The maximum atomic E-state index is 12.7. The van der Waals surface area contributed by atoms with Crippen LogP contribution in [0.4, 0.5) is 19.1 Å². The highest BCUT2D eigenvalue weighted by atomic mass is 32.2. The van der Waals surface area contributed by atoms with Gasteiger partial charge in [-0.1, -0.05) is 12.2 Å². The molecular formula is C13H12F3N3OS. The summed E-state index contributed by atoms with van der Waals surface area (Å²) >= 11 is 1.65. The van der Waals surface area contributed by atoms with Crippen LogP contribution in [0.25, 0.3) is 0 Å². The minimum absolute atomic E-state index is 0.164. The highest BCUT2D eigenvalue weighted by Gasteiger charge is 2.33. The van der Waals surface area contributed by atoms with Crippen molar-refractivity contribution in [2.75, 3.05) is 17.2 Å². The van der Waals surface area contributed by atoms with Crippen LogP contribution >= 0.6 is 11.8 Å². The first kappa shape index (κ1) is 14.2. The molecular weight excluding hydrogens is 303 g/mol. The van der Waals surface area contributed by atoms with E-state index >= 15 is 0 Å². The molecule has 0 bridgehead atoms. The molecule has 0 aliphatic carbocycles. The molecule has 0 aromatic carbocycles. The Hall–Kier alpha value is -1.70. The van der Waals surface area contributed by atoms with Crippen molar-refractivity contribution >= 4 is 17.7 Å². The van der Waals surface area contributed by atoms with Crippen molar-refractivity contribution in [1.29, 1.82) is 0 Å². The lowest BCUT2D eigenvalue weighted by molar-refractivity contribution is -0.0885. The van der Waals surface area contributed by atoms with Crippen LogP contribution in [0.2, 0.25) is 0 Å². The van der Waals surface area contributed by atoms with E-state index in [4.69, 9.17) is 0 Å². The van der Waals surface area contributed by atoms with Crippen molar-refractivity contribution in [3.8, 4) is 0 Å². The van der Waals surface area contributed by atoms with Crippen molar-refractivity contribution in [1.82, 2.24) is 9.97 Å². The number of thioether (sulfide) groups is 1. The van der Waals surface area contributed by atoms with Gasteiger partial charge in [-0.15, -0.1) is 0 Å². The number of allylic oxidation sites excluding steroid dienone is 2. The number of halogens is 3. The molecule has 112 valence electrons. The Morgan fingerprint density at radius 1 is 1.38 bits per heavy atom. The highest BCUT2D eigenvalue weighted by molar-refractivity contribution is 7.98. The van der Waals surface area contributed by atoms with Crippen LogP contribution in [0, 0.1) is 0 Å². The number of aryl methyl sites for hydroxylation is 1. The highest BCUT2D eigenvalue weighted by Crippen LogP contribution is 2.29. The lowest BCUT2D eigenvalue weighted by Crippen LogP contribution is -2.29. The van der Waals surface area contributed by atoms with E-state index in [0.717, 1.165) is 18.0 Å². The van der Waals surface area contributed by atoms with Gasteiger partial charge in [0.1, 0.15) is 0 Å². The van der Waals surface area contributed by atoms with E-state index < -0.39 is 11.7 Å². The van der Waals surface area contributed by atoms with Gasteiger partial charge in [-0.05, 0) is 12.2 Å². The zero-order chi connectivity index (χ0) is 15.0. The number of hydrogen-bond acceptors (Lipinski definition) is 4. The largest absolute Gasteiger partial charge is 0.417 e. The third kappa shape index (κ3) is 2.85. The van der Waals surface area contributed by atoms with Crippen LogP contribution in [0.3, 0.4) is 0 Å². The molecule has 3 rings (SSSR count). The summed E-state index contributed by atoms with van der Waals surface area (Å²) in [5.74, 6) is 1.63. The summed E-state index contributed by atoms with van der Waals surface area (Å²) in [6.07, 6.45) is -0.346. The topological polar surface area (TPSA) is 49.0 Å². The molecule has 0 atom stereocenters. The van der Waals surface area contributed by atoms with Crippen LogP contribution in [-0.4, -0.2) is 28.4 Å². The summed E-state index contributed by atoms with van der Waals surface area (Å²) in [5.41, 5.74) is 0.287. The third-order valence-electron chi connectivity index (χ3n) is 3.31. The molecule has 1 N–H and O–H groups in total. The Bertz CT molecular complexity index is 678. The molecule has 0 radical (unpaired) electrons. The lowest BCUT2D eigenvalue weighted by atomic mass is 10.2. The van der Waals surface area contributed by atoms with E-state index in [9.17, 15) is 18.0 Å². The number of aromatic nitrogens is 2. The van der Waals surface area contributed by atoms with Gasteiger partial charge in [0.15, 0.2) is 0 Å². The number of anilines is 1. The Labute approximate surface area is 122 Å². The number of nitrogens with zero attached hydrogens (tertiary/aromatic N) is 2. The molecule has 4 nitrogen and oxygen atoms in total. The second-order valence-electron chi connectivity index (χ2n) is 4.75. The van der Waals surface area contributed by atoms with Crippen molar-refractivity contribution in [3.63, 3.8) is 0 Å². The molecule has 0 amide bonds. The minimum Gasteiger partial charge on any atom is -0.314 e. The van der Waals surface area contributed by atoms with E-state index in [0.29, 0.717) is 23.4 Å². The van der Waals surface area contributed by atoms with Crippen LogP contribution in [0.15, 0.2) is 28.7 Å². The van der Waals surface area contributed by atoms with Crippen LogP contribution in [0.5, 0.6) is 0 Å². The molecule has 1 aromatic rings. The second kappa shape index (κ2) is 5.25. The average Bonchev–Trinajstić information content (AvgIpc) is 2.46. The van der Waals surface area contributed by atoms with Gasteiger partial charge in [0, 0.05) is 24.1 Å². The Morgan fingerprint density at radius 3 is 2.95 bits per heavy atom. The van der Waals surface area contributed by atoms with Crippen molar-refractivity contribution < 1.29 is 13.2 Å². The number of hydrogen-bond donors (Lipinski definition) is 1. The number of alkyl halides is 3. The second-order valence-corrected chi connectivity index (χ2v) is 5.86. The van der Waals surface area contributed by atoms with E-state index in [1.807, 2.05) is 0 Å². The summed E-state index contributed by atoms with van der Waals surface area (Å²) in [6, 6.07) is 0. The number of rotatable bonds is 1. The van der Waals surface area contributed by atoms with Crippen LogP contribution in [-0.2, 0) is 12.2 Å². The number of nitrogens with one attached hydrogen (secondary N) is 1. The first-order chi connectivity index (χ1) is 9.95. The third-order valence-corrected chi connectivity index (χ3v) is 4.30. The van der Waals surface area contributed by atoms with Crippen LogP contribution in [0.1, 0.15) is 11.3 Å². The molecule has 0 fully saturated rings. The SMILES string of the molecule is O=c1[nH]c(N2C=C(C(F)(F)F)C=CC2)nc2c1CSCC2. The first-order valence-electron chi connectivity index (χ1n) is 6.37. The fourth-order valence-electron chi connectivity index (χ4n) is 2.24. The van der Waals surface area contributed by atoms with Crippen molar-refractivity contribution in [2.24, 2.45) is 0 Å². The van der Waals surface area contributed by atoms with E-state index in [-0.39, 0.29) is 18.1 Å². The van der Waals surface area contributed by atoms with Crippen molar-refractivity contribution in [3.05, 3.63) is 45.5 Å².